The quantitative estimate of drug-likeness (QED) is 0.870. The molecule has 2 aromatic rings. The molecule has 1 heterocycles. The molecule has 0 aromatic heterocycles. The first-order valence-electron chi connectivity index (χ1n) is 9.08. The average molecular weight is 372 g/mol. The molecule has 1 aliphatic rings. The lowest BCUT2D eigenvalue weighted by atomic mass is 9.98. The summed E-state index contributed by atoms with van der Waals surface area (Å²) in [6.07, 6.45) is 2.29. The number of hydrogen-bond acceptors (Lipinski definition) is 2. The molecule has 0 aliphatic carbocycles. The smallest absolute Gasteiger partial charge is 0.251 e. The number of likely N-dealkylation sites (tertiary alicyclic amines) is 1. The fraction of sp³-hybridized carbons (Fsp3) is 0.333. The maximum atomic E-state index is 14.5. The molecule has 1 aliphatic heterocycles. The van der Waals surface area contributed by atoms with Crippen LogP contribution in [0, 0.1) is 18.6 Å². The lowest BCUT2D eigenvalue weighted by Gasteiger charge is -2.15. The summed E-state index contributed by atoms with van der Waals surface area (Å²) in [4.78, 5) is 26.0. The molecule has 142 valence electrons. The summed E-state index contributed by atoms with van der Waals surface area (Å²) >= 11 is 0. The third kappa shape index (κ3) is 4.51. The number of carbonyl (C=O) groups excluding carboxylic acids is 2. The number of rotatable bonds is 5. The van der Waals surface area contributed by atoms with Gasteiger partial charge in [0.25, 0.3) is 5.91 Å². The van der Waals surface area contributed by atoms with Crippen LogP contribution in [0.4, 0.5) is 8.78 Å². The van der Waals surface area contributed by atoms with Gasteiger partial charge < -0.3 is 10.2 Å². The number of benzene rings is 2. The molecule has 0 unspecified atom stereocenters. The number of carbonyl (C=O) groups is 2. The Balaban J connectivity index is 1.62. The maximum Gasteiger partial charge on any atom is 0.251 e. The number of hydrogen-bond donors (Lipinski definition) is 1. The number of nitrogens with one attached hydrogen (secondary N) is 1. The molecule has 4 nitrogen and oxygen atoms in total. The van der Waals surface area contributed by atoms with Gasteiger partial charge in [-0.25, -0.2) is 8.78 Å². The Morgan fingerprint density at radius 3 is 2.41 bits per heavy atom. The zero-order chi connectivity index (χ0) is 19.4. The lowest BCUT2D eigenvalue weighted by Crippen LogP contribution is -2.32. The topological polar surface area (TPSA) is 49.4 Å². The molecule has 0 atom stereocenters. The van der Waals surface area contributed by atoms with Crippen molar-refractivity contribution in [2.45, 2.75) is 26.2 Å². The summed E-state index contributed by atoms with van der Waals surface area (Å²) in [7, 11) is 0. The van der Waals surface area contributed by atoms with Crippen molar-refractivity contribution in [3.8, 4) is 11.1 Å². The van der Waals surface area contributed by atoms with E-state index >= 15 is 0 Å². The van der Waals surface area contributed by atoms with Gasteiger partial charge in [0.1, 0.15) is 11.6 Å². The fourth-order valence-corrected chi connectivity index (χ4v) is 3.31. The molecule has 0 saturated carbocycles. The average Bonchev–Trinajstić information content (AvgIpc) is 3.17. The largest absolute Gasteiger partial charge is 0.352 e. The first-order valence-corrected chi connectivity index (χ1v) is 9.08. The zero-order valence-electron chi connectivity index (χ0n) is 15.2. The first kappa shape index (κ1) is 19.0. The van der Waals surface area contributed by atoms with Gasteiger partial charge in [-0.3, -0.25) is 9.59 Å². The summed E-state index contributed by atoms with van der Waals surface area (Å²) in [5.41, 5.74) is 1.70. The van der Waals surface area contributed by atoms with Gasteiger partial charge in [-0.15, -0.1) is 0 Å². The van der Waals surface area contributed by atoms with Crippen LogP contribution in [0.25, 0.3) is 11.1 Å². The van der Waals surface area contributed by atoms with Crippen LogP contribution in [-0.4, -0.2) is 36.3 Å². The number of nitrogens with zero attached hydrogens (tertiary/aromatic N) is 1. The van der Waals surface area contributed by atoms with E-state index in [1.54, 1.807) is 11.8 Å². The van der Waals surface area contributed by atoms with E-state index in [-0.39, 0.29) is 30.3 Å². The summed E-state index contributed by atoms with van der Waals surface area (Å²) in [5.74, 6) is -1.33. The highest BCUT2D eigenvalue weighted by Crippen LogP contribution is 2.27. The fourth-order valence-electron chi connectivity index (χ4n) is 3.31. The van der Waals surface area contributed by atoms with Gasteiger partial charge in [-0.1, -0.05) is 12.1 Å². The molecule has 3 rings (SSSR count). The van der Waals surface area contributed by atoms with Crippen LogP contribution in [0.3, 0.4) is 0 Å². The van der Waals surface area contributed by atoms with E-state index in [1.807, 2.05) is 0 Å². The van der Waals surface area contributed by atoms with Gasteiger partial charge in [0, 0.05) is 37.2 Å². The molecule has 2 amide bonds. The summed E-state index contributed by atoms with van der Waals surface area (Å²) in [5, 5.41) is 2.66. The molecule has 0 bridgehead atoms. The second kappa shape index (κ2) is 8.29. The van der Waals surface area contributed by atoms with Crippen LogP contribution in [0.5, 0.6) is 0 Å². The zero-order valence-corrected chi connectivity index (χ0v) is 15.2. The van der Waals surface area contributed by atoms with Crippen molar-refractivity contribution in [3.05, 3.63) is 59.2 Å². The van der Waals surface area contributed by atoms with E-state index < -0.39 is 11.7 Å². The number of amides is 2. The second-order valence-electron chi connectivity index (χ2n) is 6.75. The molecule has 6 heteroatoms. The van der Waals surface area contributed by atoms with E-state index in [9.17, 15) is 18.4 Å². The van der Waals surface area contributed by atoms with Gasteiger partial charge in [0.2, 0.25) is 5.91 Å². The third-order valence-corrected chi connectivity index (χ3v) is 4.79. The van der Waals surface area contributed by atoms with Crippen molar-refractivity contribution in [3.63, 3.8) is 0 Å². The van der Waals surface area contributed by atoms with E-state index in [2.05, 4.69) is 5.32 Å². The Morgan fingerprint density at radius 1 is 1.04 bits per heavy atom. The molecular formula is C21H22F2N2O2. The van der Waals surface area contributed by atoms with Gasteiger partial charge in [-0.2, -0.15) is 0 Å². The van der Waals surface area contributed by atoms with Gasteiger partial charge in [-0.05, 0) is 55.2 Å². The van der Waals surface area contributed by atoms with Crippen molar-refractivity contribution in [2.75, 3.05) is 19.6 Å². The van der Waals surface area contributed by atoms with Crippen molar-refractivity contribution in [2.24, 2.45) is 0 Å². The predicted octanol–water partition coefficient (Wildman–Crippen LogP) is 3.68. The Kier molecular flexibility index (Phi) is 5.84. The minimum atomic E-state index is -0.550. The van der Waals surface area contributed by atoms with Crippen LogP contribution < -0.4 is 5.32 Å². The molecule has 1 fully saturated rings. The second-order valence-corrected chi connectivity index (χ2v) is 6.75. The number of aryl methyl sites for hydroxylation is 1. The van der Waals surface area contributed by atoms with E-state index in [1.165, 1.54) is 30.3 Å². The molecule has 27 heavy (non-hydrogen) atoms. The predicted molar refractivity (Wildman–Crippen MR) is 99.3 cm³/mol. The Labute approximate surface area is 157 Å². The van der Waals surface area contributed by atoms with Crippen LogP contribution in [-0.2, 0) is 4.79 Å². The molecule has 1 saturated heterocycles. The van der Waals surface area contributed by atoms with Crippen molar-refractivity contribution in [1.29, 1.82) is 0 Å². The third-order valence-electron chi connectivity index (χ3n) is 4.79. The molecular weight excluding hydrogens is 350 g/mol. The summed E-state index contributed by atoms with van der Waals surface area (Å²) in [6, 6.07) is 8.34. The van der Waals surface area contributed by atoms with Crippen LogP contribution >= 0.6 is 0 Å². The first-order chi connectivity index (χ1) is 13.0. The SMILES string of the molecule is Cc1cc(F)ccc1-c1ccc(C(=O)NCCC(=O)N2CCCC2)cc1F. The minimum absolute atomic E-state index is 0.0288. The van der Waals surface area contributed by atoms with Crippen molar-refractivity contribution < 1.29 is 18.4 Å². The van der Waals surface area contributed by atoms with E-state index in [0.717, 1.165) is 32.0 Å². The Bertz CT molecular complexity index is 861. The van der Waals surface area contributed by atoms with E-state index in [4.69, 9.17) is 0 Å². The maximum absolute atomic E-state index is 14.5. The monoisotopic (exact) mass is 372 g/mol. The van der Waals surface area contributed by atoms with Crippen LogP contribution in [0.15, 0.2) is 36.4 Å². The van der Waals surface area contributed by atoms with Gasteiger partial charge in [0.15, 0.2) is 0 Å². The van der Waals surface area contributed by atoms with Crippen molar-refractivity contribution >= 4 is 11.8 Å². The summed E-state index contributed by atoms with van der Waals surface area (Å²) < 4.78 is 27.7. The summed E-state index contributed by atoms with van der Waals surface area (Å²) in [6.45, 7) is 3.48. The normalized spacial score (nSPS) is 13.7. The highest BCUT2D eigenvalue weighted by Gasteiger charge is 2.18. The highest BCUT2D eigenvalue weighted by atomic mass is 19.1. The number of halogens is 2. The van der Waals surface area contributed by atoms with Gasteiger partial charge in [0.05, 0.1) is 0 Å². The van der Waals surface area contributed by atoms with Gasteiger partial charge >= 0.3 is 0 Å². The van der Waals surface area contributed by atoms with Crippen LogP contribution in [0.2, 0.25) is 0 Å². The standard InChI is InChI=1S/C21H22F2N2O2/c1-14-12-16(22)5-7-17(14)18-6-4-15(13-19(18)23)21(27)24-9-8-20(26)25-10-2-3-11-25/h4-7,12-13H,2-3,8-11H2,1H3,(H,24,27). The van der Waals surface area contributed by atoms with Crippen molar-refractivity contribution in [1.82, 2.24) is 10.2 Å². The Hall–Kier alpha value is -2.76. The lowest BCUT2D eigenvalue weighted by molar-refractivity contribution is -0.129. The highest BCUT2D eigenvalue weighted by molar-refractivity contribution is 5.95. The molecule has 0 spiro atoms. The molecule has 2 aromatic carbocycles. The van der Waals surface area contributed by atoms with E-state index in [0.29, 0.717) is 16.7 Å². The molecule has 0 radical (unpaired) electrons. The Morgan fingerprint density at radius 2 is 1.74 bits per heavy atom. The molecule has 1 N–H and O–H groups in total. The minimum Gasteiger partial charge on any atom is -0.352 e. The van der Waals surface area contributed by atoms with Crippen LogP contribution in [0.1, 0.15) is 35.2 Å².